The standard InChI is InChI=1S/C22H29NO2/c1-3-15-23(16-4-2)17-10-18-25-21-14-9-8-13-20(21)22(24)19-11-6-5-7-12-19/h5-9,11-14H,3-4,10,15-18H2,1-2H3. The zero-order chi connectivity index (χ0) is 17.9. The monoisotopic (exact) mass is 339 g/mol. The molecule has 0 radical (unpaired) electrons. The summed E-state index contributed by atoms with van der Waals surface area (Å²) in [4.78, 5) is 15.2. The van der Waals surface area contributed by atoms with Gasteiger partial charge in [0.2, 0.25) is 0 Å². The number of para-hydroxylation sites is 1. The Bertz CT molecular complexity index is 633. The van der Waals surface area contributed by atoms with Gasteiger partial charge in [-0.2, -0.15) is 0 Å². The molecule has 0 saturated heterocycles. The maximum atomic E-state index is 12.7. The van der Waals surface area contributed by atoms with Crippen LogP contribution in [0.1, 0.15) is 49.0 Å². The molecule has 0 aliphatic rings. The molecular weight excluding hydrogens is 310 g/mol. The van der Waals surface area contributed by atoms with Gasteiger partial charge in [-0.15, -0.1) is 0 Å². The van der Waals surface area contributed by atoms with Gasteiger partial charge in [-0.05, 0) is 44.5 Å². The summed E-state index contributed by atoms with van der Waals surface area (Å²) in [5.74, 6) is 0.684. The molecule has 0 bridgehead atoms. The molecule has 0 amide bonds. The van der Waals surface area contributed by atoms with Crippen LogP contribution in [0, 0.1) is 0 Å². The fourth-order valence-electron chi connectivity index (χ4n) is 2.96. The molecule has 0 aliphatic heterocycles. The number of nitrogens with zero attached hydrogens (tertiary/aromatic N) is 1. The van der Waals surface area contributed by atoms with Crippen LogP contribution in [-0.2, 0) is 0 Å². The van der Waals surface area contributed by atoms with Crippen molar-refractivity contribution in [2.45, 2.75) is 33.1 Å². The molecule has 3 nitrogen and oxygen atoms in total. The van der Waals surface area contributed by atoms with Gasteiger partial charge < -0.3 is 9.64 Å². The van der Waals surface area contributed by atoms with Crippen LogP contribution < -0.4 is 4.74 Å². The van der Waals surface area contributed by atoms with Crippen molar-refractivity contribution in [3.8, 4) is 5.75 Å². The van der Waals surface area contributed by atoms with Crippen LogP contribution in [0.15, 0.2) is 54.6 Å². The van der Waals surface area contributed by atoms with Crippen molar-refractivity contribution in [1.82, 2.24) is 4.90 Å². The van der Waals surface area contributed by atoms with Crippen LogP contribution in [-0.4, -0.2) is 36.9 Å². The van der Waals surface area contributed by atoms with E-state index in [-0.39, 0.29) is 5.78 Å². The molecule has 2 rings (SSSR count). The van der Waals surface area contributed by atoms with E-state index in [1.54, 1.807) is 0 Å². The first-order valence-corrected chi connectivity index (χ1v) is 9.30. The van der Waals surface area contributed by atoms with Crippen LogP contribution in [0.25, 0.3) is 0 Å². The van der Waals surface area contributed by atoms with E-state index in [1.165, 1.54) is 12.8 Å². The average molecular weight is 339 g/mol. The highest BCUT2D eigenvalue weighted by Crippen LogP contribution is 2.21. The summed E-state index contributed by atoms with van der Waals surface area (Å²) in [7, 11) is 0. The zero-order valence-electron chi connectivity index (χ0n) is 15.4. The number of ether oxygens (including phenoxy) is 1. The highest BCUT2D eigenvalue weighted by atomic mass is 16.5. The SMILES string of the molecule is CCCN(CCC)CCCOc1ccccc1C(=O)c1ccccc1. The smallest absolute Gasteiger partial charge is 0.196 e. The predicted octanol–water partition coefficient (Wildman–Crippen LogP) is 4.81. The van der Waals surface area contributed by atoms with Crippen molar-refractivity contribution in [1.29, 1.82) is 0 Å². The van der Waals surface area contributed by atoms with E-state index >= 15 is 0 Å². The van der Waals surface area contributed by atoms with E-state index in [4.69, 9.17) is 4.74 Å². The van der Waals surface area contributed by atoms with Gasteiger partial charge in [-0.1, -0.05) is 56.3 Å². The van der Waals surface area contributed by atoms with Crippen molar-refractivity contribution in [3.05, 3.63) is 65.7 Å². The van der Waals surface area contributed by atoms with Crippen LogP contribution >= 0.6 is 0 Å². The molecule has 25 heavy (non-hydrogen) atoms. The van der Waals surface area contributed by atoms with Gasteiger partial charge in [0.15, 0.2) is 5.78 Å². The highest BCUT2D eigenvalue weighted by Gasteiger charge is 2.14. The second-order valence-corrected chi connectivity index (χ2v) is 6.23. The van der Waals surface area contributed by atoms with Crippen molar-refractivity contribution in [3.63, 3.8) is 0 Å². The number of hydrogen-bond donors (Lipinski definition) is 0. The molecule has 0 aliphatic carbocycles. The van der Waals surface area contributed by atoms with E-state index < -0.39 is 0 Å². The molecule has 2 aromatic rings. The summed E-state index contributed by atoms with van der Waals surface area (Å²) >= 11 is 0. The first-order chi connectivity index (χ1) is 12.3. The molecule has 0 unspecified atom stereocenters. The summed E-state index contributed by atoms with van der Waals surface area (Å²) in [6.07, 6.45) is 3.32. The Hall–Kier alpha value is -2.13. The molecule has 3 heteroatoms. The summed E-state index contributed by atoms with van der Waals surface area (Å²) in [6, 6.07) is 16.9. The van der Waals surface area contributed by atoms with Crippen LogP contribution in [0.2, 0.25) is 0 Å². The number of carbonyl (C=O) groups is 1. The zero-order valence-corrected chi connectivity index (χ0v) is 15.4. The molecule has 0 atom stereocenters. The highest BCUT2D eigenvalue weighted by molar-refractivity contribution is 6.10. The second-order valence-electron chi connectivity index (χ2n) is 6.23. The number of benzene rings is 2. The summed E-state index contributed by atoms with van der Waals surface area (Å²) in [5, 5.41) is 0. The minimum absolute atomic E-state index is 0.00907. The Morgan fingerprint density at radius 3 is 2.20 bits per heavy atom. The third-order valence-corrected chi connectivity index (χ3v) is 4.12. The van der Waals surface area contributed by atoms with E-state index in [0.29, 0.717) is 23.5 Å². The Kier molecular flexibility index (Phi) is 8.20. The lowest BCUT2D eigenvalue weighted by Crippen LogP contribution is -2.27. The van der Waals surface area contributed by atoms with Gasteiger partial charge in [-0.3, -0.25) is 4.79 Å². The molecular formula is C22H29NO2. The summed E-state index contributed by atoms with van der Waals surface area (Å²) < 4.78 is 5.94. The van der Waals surface area contributed by atoms with Crippen molar-refractivity contribution < 1.29 is 9.53 Å². The second kappa shape index (κ2) is 10.7. The quantitative estimate of drug-likeness (QED) is 0.435. The molecule has 2 aromatic carbocycles. The van der Waals surface area contributed by atoms with Crippen LogP contribution in [0.3, 0.4) is 0 Å². The molecule has 0 N–H and O–H groups in total. The van der Waals surface area contributed by atoms with Gasteiger partial charge in [-0.25, -0.2) is 0 Å². The molecule has 134 valence electrons. The van der Waals surface area contributed by atoms with Crippen molar-refractivity contribution in [2.24, 2.45) is 0 Å². The lowest BCUT2D eigenvalue weighted by molar-refractivity contribution is 0.103. The molecule has 0 fully saturated rings. The fourth-order valence-corrected chi connectivity index (χ4v) is 2.96. The Morgan fingerprint density at radius 1 is 0.880 bits per heavy atom. The molecule has 0 heterocycles. The number of hydrogen-bond acceptors (Lipinski definition) is 3. The van der Waals surface area contributed by atoms with Gasteiger partial charge >= 0.3 is 0 Å². The van der Waals surface area contributed by atoms with E-state index in [2.05, 4.69) is 18.7 Å². The first kappa shape index (κ1) is 19.2. The lowest BCUT2D eigenvalue weighted by Gasteiger charge is -2.21. The maximum absolute atomic E-state index is 12.7. The largest absolute Gasteiger partial charge is 0.493 e. The van der Waals surface area contributed by atoms with Gasteiger partial charge in [0.25, 0.3) is 0 Å². The Labute approximate surface area is 151 Å². The summed E-state index contributed by atoms with van der Waals surface area (Å²) in [6.45, 7) is 8.36. The van der Waals surface area contributed by atoms with Gasteiger partial charge in [0, 0.05) is 12.1 Å². The minimum Gasteiger partial charge on any atom is -0.493 e. The van der Waals surface area contributed by atoms with Crippen molar-refractivity contribution >= 4 is 5.78 Å². The third kappa shape index (κ3) is 6.02. The molecule has 0 saturated carbocycles. The van der Waals surface area contributed by atoms with Gasteiger partial charge in [0.1, 0.15) is 5.75 Å². The number of carbonyl (C=O) groups excluding carboxylic acids is 1. The fraction of sp³-hybridized carbons (Fsp3) is 0.409. The molecule has 0 spiro atoms. The van der Waals surface area contributed by atoms with E-state index in [1.807, 2.05) is 54.6 Å². The Balaban J connectivity index is 1.93. The molecule has 0 aromatic heterocycles. The first-order valence-electron chi connectivity index (χ1n) is 9.30. The normalized spacial score (nSPS) is 10.8. The topological polar surface area (TPSA) is 29.5 Å². The maximum Gasteiger partial charge on any atom is 0.196 e. The number of ketones is 1. The lowest BCUT2D eigenvalue weighted by atomic mass is 10.0. The van der Waals surface area contributed by atoms with E-state index in [0.717, 1.165) is 26.1 Å². The minimum atomic E-state index is 0.00907. The van der Waals surface area contributed by atoms with Crippen LogP contribution in [0.5, 0.6) is 5.75 Å². The number of rotatable bonds is 11. The van der Waals surface area contributed by atoms with E-state index in [9.17, 15) is 4.79 Å². The summed E-state index contributed by atoms with van der Waals surface area (Å²) in [5.41, 5.74) is 1.32. The van der Waals surface area contributed by atoms with Crippen LogP contribution in [0.4, 0.5) is 0 Å². The predicted molar refractivity (Wildman–Crippen MR) is 103 cm³/mol. The van der Waals surface area contributed by atoms with Gasteiger partial charge in [0.05, 0.1) is 12.2 Å². The van der Waals surface area contributed by atoms with Crippen molar-refractivity contribution in [2.75, 3.05) is 26.2 Å². The average Bonchev–Trinajstić information content (AvgIpc) is 2.66. The third-order valence-electron chi connectivity index (χ3n) is 4.12. The Morgan fingerprint density at radius 2 is 1.52 bits per heavy atom.